The molecule has 7 heteroatoms. The van der Waals surface area contributed by atoms with Gasteiger partial charge in [0.15, 0.2) is 0 Å². The molecule has 2 heterocycles. The van der Waals surface area contributed by atoms with Crippen molar-refractivity contribution < 1.29 is 23.9 Å². The molecule has 1 aromatic rings. The number of imide groups is 2. The third kappa shape index (κ3) is 2.50. The van der Waals surface area contributed by atoms with Gasteiger partial charge in [-0.25, -0.2) is 0 Å². The Balaban J connectivity index is 1.89. The van der Waals surface area contributed by atoms with E-state index in [0.29, 0.717) is 5.75 Å². The van der Waals surface area contributed by atoms with Crippen LogP contribution >= 0.6 is 0 Å². The van der Waals surface area contributed by atoms with E-state index in [1.165, 1.54) is 12.1 Å². The molecule has 1 atom stereocenters. The number of benzene rings is 1. The number of fused-ring (bicyclic) bond motifs is 1. The second-order valence-corrected chi connectivity index (χ2v) is 5.25. The molecule has 3 rings (SSSR count). The standard InChI is InChI=1S/C16H14N2O5/c1-2-7-23-9-3-4-10-11(8-9)16(22)18(15(10)21)12-5-6-13(19)17-14(12)20/h2-4,8,12H,1,5-7H2,(H,17,19,20). The molecule has 23 heavy (non-hydrogen) atoms. The number of carbonyl (C=O) groups excluding carboxylic acids is 4. The van der Waals surface area contributed by atoms with Gasteiger partial charge in [0.25, 0.3) is 11.8 Å². The van der Waals surface area contributed by atoms with Gasteiger partial charge in [-0.2, -0.15) is 0 Å². The van der Waals surface area contributed by atoms with Gasteiger partial charge in [-0.3, -0.25) is 29.4 Å². The Bertz CT molecular complexity index is 740. The number of nitrogens with one attached hydrogen (secondary N) is 1. The zero-order valence-corrected chi connectivity index (χ0v) is 12.2. The highest BCUT2D eigenvalue weighted by atomic mass is 16.5. The highest BCUT2D eigenvalue weighted by molar-refractivity contribution is 6.23. The van der Waals surface area contributed by atoms with Gasteiger partial charge in [-0.05, 0) is 24.6 Å². The average molecular weight is 314 g/mol. The summed E-state index contributed by atoms with van der Waals surface area (Å²) in [6, 6.07) is 3.60. The van der Waals surface area contributed by atoms with Crippen LogP contribution in [0.3, 0.4) is 0 Å². The number of nitrogens with zero attached hydrogens (tertiary/aromatic N) is 1. The Labute approximate surface area is 131 Å². The van der Waals surface area contributed by atoms with Gasteiger partial charge in [-0.1, -0.05) is 12.7 Å². The second-order valence-electron chi connectivity index (χ2n) is 5.25. The first kappa shape index (κ1) is 15.0. The summed E-state index contributed by atoms with van der Waals surface area (Å²) in [7, 11) is 0. The molecule has 1 unspecified atom stereocenters. The number of piperidine rings is 1. The van der Waals surface area contributed by atoms with Gasteiger partial charge in [0.05, 0.1) is 11.1 Å². The Morgan fingerprint density at radius 3 is 2.65 bits per heavy atom. The van der Waals surface area contributed by atoms with Crippen molar-refractivity contribution in [2.75, 3.05) is 6.61 Å². The fourth-order valence-corrected chi connectivity index (χ4v) is 2.70. The van der Waals surface area contributed by atoms with Crippen molar-refractivity contribution in [3.05, 3.63) is 42.0 Å². The van der Waals surface area contributed by atoms with E-state index >= 15 is 0 Å². The molecule has 7 nitrogen and oxygen atoms in total. The maximum absolute atomic E-state index is 12.5. The molecule has 2 aliphatic heterocycles. The third-order valence-electron chi connectivity index (χ3n) is 3.78. The Hall–Kier alpha value is -2.96. The van der Waals surface area contributed by atoms with E-state index in [2.05, 4.69) is 11.9 Å². The topological polar surface area (TPSA) is 92.8 Å². The molecule has 0 aromatic heterocycles. The molecule has 1 N–H and O–H groups in total. The molecule has 1 aromatic carbocycles. The van der Waals surface area contributed by atoms with Crippen molar-refractivity contribution in [2.24, 2.45) is 0 Å². The van der Waals surface area contributed by atoms with Gasteiger partial charge in [-0.15, -0.1) is 0 Å². The van der Waals surface area contributed by atoms with Gasteiger partial charge in [0.1, 0.15) is 18.4 Å². The van der Waals surface area contributed by atoms with Crippen molar-refractivity contribution in [1.29, 1.82) is 0 Å². The van der Waals surface area contributed by atoms with E-state index in [1.54, 1.807) is 12.1 Å². The van der Waals surface area contributed by atoms with Crippen LogP contribution in [0.25, 0.3) is 0 Å². The minimum absolute atomic E-state index is 0.0947. The lowest BCUT2D eigenvalue weighted by Crippen LogP contribution is -2.54. The summed E-state index contributed by atoms with van der Waals surface area (Å²) < 4.78 is 5.36. The maximum atomic E-state index is 12.5. The van der Waals surface area contributed by atoms with Gasteiger partial charge in [0, 0.05) is 6.42 Å². The average Bonchev–Trinajstić information content (AvgIpc) is 2.77. The van der Waals surface area contributed by atoms with Crippen LogP contribution in [0.5, 0.6) is 5.75 Å². The molecule has 0 saturated carbocycles. The minimum atomic E-state index is -0.961. The molecule has 0 bridgehead atoms. The summed E-state index contributed by atoms with van der Waals surface area (Å²) in [6.45, 7) is 3.81. The summed E-state index contributed by atoms with van der Waals surface area (Å²) in [5.74, 6) is -1.67. The van der Waals surface area contributed by atoms with Crippen LogP contribution in [-0.4, -0.2) is 41.2 Å². The monoisotopic (exact) mass is 314 g/mol. The fraction of sp³-hybridized carbons (Fsp3) is 0.250. The smallest absolute Gasteiger partial charge is 0.262 e. The first-order chi connectivity index (χ1) is 11.0. The van der Waals surface area contributed by atoms with Crippen LogP contribution in [0, 0.1) is 0 Å². The van der Waals surface area contributed by atoms with E-state index in [-0.39, 0.29) is 30.6 Å². The van der Waals surface area contributed by atoms with Crippen molar-refractivity contribution in [3.8, 4) is 5.75 Å². The minimum Gasteiger partial charge on any atom is -0.490 e. The first-order valence-electron chi connectivity index (χ1n) is 7.12. The van der Waals surface area contributed by atoms with E-state index < -0.39 is 29.7 Å². The van der Waals surface area contributed by atoms with E-state index in [9.17, 15) is 19.2 Å². The van der Waals surface area contributed by atoms with Gasteiger partial charge < -0.3 is 4.74 Å². The van der Waals surface area contributed by atoms with Crippen molar-refractivity contribution >= 4 is 23.6 Å². The third-order valence-corrected chi connectivity index (χ3v) is 3.78. The molecule has 0 spiro atoms. The second kappa shape index (κ2) is 5.68. The summed E-state index contributed by atoms with van der Waals surface area (Å²) in [6.07, 6.45) is 1.79. The van der Waals surface area contributed by atoms with Crippen molar-refractivity contribution in [3.63, 3.8) is 0 Å². The fourth-order valence-electron chi connectivity index (χ4n) is 2.70. The molecule has 4 amide bonds. The molecule has 0 aliphatic carbocycles. The Morgan fingerprint density at radius 2 is 1.96 bits per heavy atom. The first-order valence-corrected chi connectivity index (χ1v) is 7.12. The highest BCUT2D eigenvalue weighted by Gasteiger charge is 2.44. The molecule has 118 valence electrons. The number of ether oxygens (including phenoxy) is 1. The summed E-state index contributed by atoms with van der Waals surface area (Å²) in [5.41, 5.74) is 0.423. The van der Waals surface area contributed by atoms with E-state index in [0.717, 1.165) is 4.90 Å². The largest absolute Gasteiger partial charge is 0.490 e. The number of rotatable bonds is 4. The predicted octanol–water partition coefficient (Wildman–Crippen LogP) is 0.653. The molecular weight excluding hydrogens is 300 g/mol. The van der Waals surface area contributed by atoms with Crippen LogP contribution in [0.15, 0.2) is 30.9 Å². The number of amides is 4. The van der Waals surface area contributed by atoms with Crippen molar-refractivity contribution in [2.45, 2.75) is 18.9 Å². The zero-order chi connectivity index (χ0) is 16.6. The molecule has 1 fully saturated rings. The number of hydrogen-bond donors (Lipinski definition) is 1. The quantitative estimate of drug-likeness (QED) is 0.651. The van der Waals surface area contributed by atoms with Gasteiger partial charge >= 0.3 is 0 Å². The van der Waals surface area contributed by atoms with Crippen LogP contribution in [0.2, 0.25) is 0 Å². The lowest BCUT2D eigenvalue weighted by Gasteiger charge is -2.27. The summed E-state index contributed by atoms with van der Waals surface area (Å²) in [5, 5.41) is 2.15. The maximum Gasteiger partial charge on any atom is 0.262 e. The number of carbonyl (C=O) groups is 4. The van der Waals surface area contributed by atoms with Crippen LogP contribution in [-0.2, 0) is 9.59 Å². The lowest BCUT2D eigenvalue weighted by molar-refractivity contribution is -0.136. The number of hydrogen-bond acceptors (Lipinski definition) is 5. The van der Waals surface area contributed by atoms with E-state index in [4.69, 9.17) is 4.74 Å². The van der Waals surface area contributed by atoms with E-state index in [1.807, 2.05) is 0 Å². The molecule has 2 aliphatic rings. The summed E-state index contributed by atoms with van der Waals surface area (Å²) >= 11 is 0. The van der Waals surface area contributed by atoms with Crippen LogP contribution in [0.4, 0.5) is 0 Å². The Morgan fingerprint density at radius 1 is 1.22 bits per heavy atom. The normalized spacial score (nSPS) is 20.3. The lowest BCUT2D eigenvalue weighted by atomic mass is 10.0. The predicted molar refractivity (Wildman–Crippen MR) is 78.8 cm³/mol. The Kier molecular flexibility index (Phi) is 3.69. The van der Waals surface area contributed by atoms with Crippen LogP contribution < -0.4 is 10.1 Å². The van der Waals surface area contributed by atoms with Crippen molar-refractivity contribution in [1.82, 2.24) is 10.2 Å². The summed E-state index contributed by atoms with van der Waals surface area (Å²) in [4.78, 5) is 49.0. The molecule has 1 saturated heterocycles. The van der Waals surface area contributed by atoms with Gasteiger partial charge in [0.2, 0.25) is 11.8 Å². The molecule has 0 radical (unpaired) electrons. The SMILES string of the molecule is C=CCOc1ccc2c(c1)C(=O)N(C1CCC(=O)NC1=O)C2=O. The highest BCUT2D eigenvalue weighted by Crippen LogP contribution is 2.30. The zero-order valence-electron chi connectivity index (χ0n) is 12.2. The van der Waals surface area contributed by atoms with Crippen LogP contribution in [0.1, 0.15) is 33.6 Å². The molecular formula is C16H14N2O5.